The quantitative estimate of drug-likeness (QED) is 0.768. The van der Waals surface area contributed by atoms with Gasteiger partial charge in [0.05, 0.1) is 18.3 Å². The summed E-state index contributed by atoms with van der Waals surface area (Å²) in [6.07, 6.45) is 4.35. The normalized spacial score (nSPS) is 21.8. The van der Waals surface area contributed by atoms with Crippen molar-refractivity contribution in [1.82, 2.24) is 19.9 Å². The molecule has 3 aromatic rings. The van der Waals surface area contributed by atoms with Crippen LogP contribution in [0.25, 0.3) is 5.65 Å². The lowest BCUT2D eigenvalue weighted by Gasteiger charge is -2.37. The number of nitrogens with one attached hydrogen (secondary N) is 1. The van der Waals surface area contributed by atoms with Gasteiger partial charge in [-0.3, -0.25) is 4.79 Å². The summed E-state index contributed by atoms with van der Waals surface area (Å²) in [5.74, 6) is 0.0655. The molecule has 1 fully saturated rings. The molecule has 0 radical (unpaired) electrons. The van der Waals surface area contributed by atoms with Crippen molar-refractivity contribution in [1.29, 1.82) is 0 Å². The number of aliphatic hydroxyl groups is 1. The van der Waals surface area contributed by atoms with Crippen molar-refractivity contribution in [3.05, 3.63) is 52.6 Å². The van der Waals surface area contributed by atoms with Gasteiger partial charge in [-0.25, -0.2) is 9.50 Å². The Morgan fingerprint density at radius 2 is 2.26 bits per heavy atom. The van der Waals surface area contributed by atoms with E-state index in [0.717, 1.165) is 4.88 Å². The van der Waals surface area contributed by atoms with Crippen LogP contribution in [0.1, 0.15) is 34.2 Å². The monoisotopic (exact) mass is 328 g/mol. The van der Waals surface area contributed by atoms with Crippen molar-refractivity contribution in [3.8, 4) is 0 Å². The van der Waals surface area contributed by atoms with Crippen LogP contribution < -0.4 is 5.32 Å². The number of fused-ring (bicyclic) bond motifs is 1. The van der Waals surface area contributed by atoms with Gasteiger partial charge in [0.15, 0.2) is 5.65 Å². The van der Waals surface area contributed by atoms with E-state index < -0.39 is 0 Å². The van der Waals surface area contributed by atoms with Gasteiger partial charge in [0.2, 0.25) is 0 Å². The number of hydrogen-bond acceptors (Lipinski definition) is 5. The van der Waals surface area contributed by atoms with Gasteiger partial charge < -0.3 is 10.4 Å². The van der Waals surface area contributed by atoms with E-state index in [4.69, 9.17) is 0 Å². The number of carbonyl (C=O) groups excluding carboxylic acids is 1. The molecule has 1 amide bonds. The first kappa shape index (κ1) is 14.3. The number of rotatable bonds is 4. The zero-order valence-corrected chi connectivity index (χ0v) is 13.1. The Bertz CT molecular complexity index is 824. The van der Waals surface area contributed by atoms with Gasteiger partial charge >= 0.3 is 0 Å². The molecule has 0 unspecified atom stereocenters. The maximum atomic E-state index is 12.7. The molecule has 0 aliphatic heterocycles. The molecule has 1 aliphatic carbocycles. The van der Waals surface area contributed by atoms with Crippen LogP contribution in [-0.2, 0) is 0 Å². The summed E-state index contributed by atoms with van der Waals surface area (Å²) in [4.78, 5) is 18.0. The summed E-state index contributed by atoms with van der Waals surface area (Å²) in [6, 6.07) is 7.51. The third kappa shape index (κ3) is 2.62. The second-order valence-corrected chi connectivity index (χ2v) is 6.77. The zero-order valence-electron chi connectivity index (χ0n) is 12.3. The first-order valence-corrected chi connectivity index (χ1v) is 8.41. The smallest absolute Gasteiger partial charge is 0.272 e. The number of thiophene rings is 1. The third-order valence-corrected chi connectivity index (χ3v) is 5.22. The highest BCUT2D eigenvalue weighted by Gasteiger charge is 2.36. The van der Waals surface area contributed by atoms with Crippen molar-refractivity contribution < 1.29 is 9.90 Å². The molecule has 118 valence electrons. The average molecular weight is 328 g/mol. The van der Waals surface area contributed by atoms with Crippen LogP contribution in [-0.4, -0.2) is 31.7 Å². The lowest BCUT2D eigenvalue weighted by atomic mass is 9.76. The standard InChI is InChI=1S/C16H16N4O2S/c21-11-7-10(8-11)15(13-3-2-6-23-13)19-16(22)12-9-17-14-4-1-5-18-20(12)14/h1-6,9-11,15,21H,7-8H2,(H,19,22)/t10?,11?,15-/m0/s1. The van der Waals surface area contributed by atoms with Crippen LogP contribution in [0.5, 0.6) is 0 Å². The zero-order chi connectivity index (χ0) is 15.8. The molecule has 3 aromatic heterocycles. The predicted molar refractivity (Wildman–Crippen MR) is 86.2 cm³/mol. The molecule has 0 aromatic carbocycles. The van der Waals surface area contributed by atoms with E-state index in [1.165, 1.54) is 4.52 Å². The minimum absolute atomic E-state index is 0.0832. The van der Waals surface area contributed by atoms with E-state index in [1.54, 1.807) is 29.8 Å². The highest BCUT2D eigenvalue weighted by atomic mass is 32.1. The van der Waals surface area contributed by atoms with Crippen LogP contribution in [0.3, 0.4) is 0 Å². The minimum atomic E-state index is -0.253. The van der Waals surface area contributed by atoms with Crippen molar-refractivity contribution in [2.45, 2.75) is 25.0 Å². The molecule has 1 atom stereocenters. The van der Waals surface area contributed by atoms with Crippen LogP contribution >= 0.6 is 11.3 Å². The van der Waals surface area contributed by atoms with Gasteiger partial charge in [-0.15, -0.1) is 11.3 Å². The maximum absolute atomic E-state index is 12.7. The van der Waals surface area contributed by atoms with Gasteiger partial charge in [-0.05, 0) is 42.3 Å². The van der Waals surface area contributed by atoms with Gasteiger partial charge in [0, 0.05) is 11.1 Å². The SMILES string of the molecule is O=C(N[C@H](c1cccs1)C1CC(O)C1)c1cnc2cccnn12. The van der Waals surface area contributed by atoms with Crippen molar-refractivity contribution in [2.24, 2.45) is 5.92 Å². The Morgan fingerprint density at radius 1 is 1.39 bits per heavy atom. The number of aromatic nitrogens is 3. The first-order valence-electron chi connectivity index (χ1n) is 7.53. The summed E-state index contributed by atoms with van der Waals surface area (Å²) in [7, 11) is 0. The molecule has 1 saturated carbocycles. The van der Waals surface area contributed by atoms with E-state index in [-0.39, 0.29) is 24.0 Å². The Labute approximate surface area is 136 Å². The van der Waals surface area contributed by atoms with Crippen LogP contribution in [0.2, 0.25) is 0 Å². The molecule has 7 heteroatoms. The fourth-order valence-corrected chi connectivity index (χ4v) is 3.86. The molecule has 1 aliphatic rings. The highest BCUT2D eigenvalue weighted by molar-refractivity contribution is 7.10. The number of carbonyl (C=O) groups is 1. The second kappa shape index (κ2) is 5.75. The fraction of sp³-hybridized carbons (Fsp3) is 0.312. The summed E-state index contributed by atoms with van der Waals surface area (Å²) >= 11 is 1.62. The molecule has 2 N–H and O–H groups in total. The number of imidazole rings is 1. The van der Waals surface area contributed by atoms with Gasteiger partial charge in [0.1, 0.15) is 5.69 Å². The molecule has 0 bridgehead atoms. The topological polar surface area (TPSA) is 79.5 Å². The van der Waals surface area contributed by atoms with E-state index >= 15 is 0 Å². The largest absolute Gasteiger partial charge is 0.393 e. The van der Waals surface area contributed by atoms with E-state index in [9.17, 15) is 9.90 Å². The summed E-state index contributed by atoms with van der Waals surface area (Å²) in [5, 5.41) is 18.9. The first-order chi connectivity index (χ1) is 11.2. The van der Waals surface area contributed by atoms with Crippen LogP contribution in [0.4, 0.5) is 0 Å². The number of aliphatic hydroxyl groups excluding tert-OH is 1. The van der Waals surface area contributed by atoms with Crippen molar-refractivity contribution in [2.75, 3.05) is 0 Å². The second-order valence-electron chi connectivity index (χ2n) is 5.79. The average Bonchev–Trinajstić information content (AvgIpc) is 3.18. The van der Waals surface area contributed by atoms with Crippen LogP contribution in [0.15, 0.2) is 42.0 Å². The summed E-state index contributed by atoms with van der Waals surface area (Å²) < 4.78 is 1.54. The predicted octanol–water partition coefficient (Wildman–Crippen LogP) is 2.03. The van der Waals surface area contributed by atoms with Gasteiger partial charge in [-0.2, -0.15) is 5.10 Å². The van der Waals surface area contributed by atoms with Gasteiger partial charge in [-0.1, -0.05) is 6.07 Å². The molecule has 4 rings (SSSR count). The highest BCUT2D eigenvalue weighted by Crippen LogP contribution is 2.39. The molecular weight excluding hydrogens is 312 g/mol. The van der Waals surface area contributed by atoms with Crippen molar-refractivity contribution >= 4 is 22.9 Å². The summed E-state index contributed by atoms with van der Waals surface area (Å²) in [6.45, 7) is 0. The lowest BCUT2D eigenvalue weighted by molar-refractivity contribution is 0.0240. The van der Waals surface area contributed by atoms with Crippen molar-refractivity contribution in [3.63, 3.8) is 0 Å². The molecule has 6 nitrogen and oxygen atoms in total. The van der Waals surface area contributed by atoms with E-state index in [2.05, 4.69) is 15.4 Å². The minimum Gasteiger partial charge on any atom is -0.393 e. The molecule has 0 spiro atoms. The van der Waals surface area contributed by atoms with Crippen LogP contribution in [0, 0.1) is 5.92 Å². The fourth-order valence-electron chi connectivity index (χ4n) is 2.99. The number of nitrogens with zero attached hydrogens (tertiary/aromatic N) is 3. The summed E-state index contributed by atoms with van der Waals surface area (Å²) in [5.41, 5.74) is 1.06. The third-order valence-electron chi connectivity index (χ3n) is 4.27. The van der Waals surface area contributed by atoms with Gasteiger partial charge in [0.25, 0.3) is 5.91 Å². The maximum Gasteiger partial charge on any atom is 0.272 e. The number of hydrogen-bond donors (Lipinski definition) is 2. The molecule has 3 heterocycles. The van der Waals surface area contributed by atoms with E-state index in [0.29, 0.717) is 24.2 Å². The molecule has 0 saturated heterocycles. The number of amides is 1. The lowest BCUT2D eigenvalue weighted by Crippen LogP contribution is -2.41. The Kier molecular flexibility index (Phi) is 3.59. The Balaban J connectivity index is 1.60. The molecular formula is C16H16N4O2S. The Hall–Kier alpha value is -2.25. The van der Waals surface area contributed by atoms with E-state index in [1.807, 2.05) is 23.6 Å². The molecule has 23 heavy (non-hydrogen) atoms. The Morgan fingerprint density at radius 3 is 3.00 bits per heavy atom.